The van der Waals surface area contributed by atoms with E-state index in [2.05, 4.69) is 4.74 Å². The summed E-state index contributed by atoms with van der Waals surface area (Å²) in [5.41, 5.74) is 0.213. The van der Waals surface area contributed by atoms with Gasteiger partial charge in [0.15, 0.2) is 5.78 Å². The van der Waals surface area contributed by atoms with Gasteiger partial charge in [-0.2, -0.15) is 14.0 Å². The van der Waals surface area contributed by atoms with Crippen molar-refractivity contribution in [3.05, 3.63) is 29.8 Å². The van der Waals surface area contributed by atoms with Crippen molar-refractivity contribution in [1.29, 1.82) is 5.26 Å². The monoisotopic (exact) mass is 267 g/mol. The Morgan fingerprint density at radius 2 is 2.11 bits per heavy atom. The molecule has 0 radical (unpaired) electrons. The van der Waals surface area contributed by atoms with E-state index < -0.39 is 12.5 Å². The highest BCUT2D eigenvalue weighted by atomic mass is 19.3. The van der Waals surface area contributed by atoms with E-state index in [0.29, 0.717) is 6.42 Å². The van der Waals surface area contributed by atoms with Crippen LogP contribution in [0.15, 0.2) is 24.3 Å². The summed E-state index contributed by atoms with van der Waals surface area (Å²) in [6.45, 7) is 0.884. The molecular formula is C14H15F2NO2. The van der Waals surface area contributed by atoms with Crippen molar-refractivity contribution in [2.45, 2.75) is 26.9 Å². The summed E-state index contributed by atoms with van der Waals surface area (Å²) in [4.78, 5) is 12.1. The SMILES string of the molecule is CC(C)CC(C#N)C(=O)c1cccc(OC(F)F)c1. The first-order chi connectivity index (χ1) is 8.93. The number of Topliss-reactive ketones (excluding diaryl/α,β-unsaturated/α-hetero) is 1. The van der Waals surface area contributed by atoms with E-state index >= 15 is 0 Å². The molecule has 0 heterocycles. The largest absolute Gasteiger partial charge is 0.435 e. The van der Waals surface area contributed by atoms with Crippen LogP contribution in [0.5, 0.6) is 5.75 Å². The molecule has 102 valence electrons. The molecule has 0 aliphatic heterocycles. The van der Waals surface area contributed by atoms with Crippen molar-refractivity contribution in [3.8, 4) is 11.8 Å². The predicted octanol–water partition coefficient (Wildman–Crippen LogP) is 3.66. The van der Waals surface area contributed by atoms with E-state index in [4.69, 9.17) is 5.26 Å². The van der Waals surface area contributed by atoms with Gasteiger partial charge in [0.25, 0.3) is 0 Å². The molecule has 0 aliphatic carbocycles. The smallest absolute Gasteiger partial charge is 0.387 e. The van der Waals surface area contributed by atoms with E-state index in [-0.39, 0.29) is 23.0 Å². The van der Waals surface area contributed by atoms with Crippen molar-refractivity contribution in [2.24, 2.45) is 11.8 Å². The second-order valence-corrected chi connectivity index (χ2v) is 4.58. The van der Waals surface area contributed by atoms with Crippen LogP contribution in [0, 0.1) is 23.2 Å². The van der Waals surface area contributed by atoms with Crippen LogP contribution in [0.4, 0.5) is 8.78 Å². The van der Waals surface area contributed by atoms with Gasteiger partial charge >= 0.3 is 6.61 Å². The maximum Gasteiger partial charge on any atom is 0.387 e. The van der Waals surface area contributed by atoms with Gasteiger partial charge in [0, 0.05) is 5.56 Å². The minimum absolute atomic E-state index is 0.0814. The molecule has 1 unspecified atom stereocenters. The first-order valence-electron chi connectivity index (χ1n) is 5.92. The van der Waals surface area contributed by atoms with Gasteiger partial charge in [0.2, 0.25) is 0 Å². The topological polar surface area (TPSA) is 50.1 Å². The van der Waals surface area contributed by atoms with Crippen molar-refractivity contribution >= 4 is 5.78 Å². The number of hydrogen-bond donors (Lipinski definition) is 0. The van der Waals surface area contributed by atoms with Crippen molar-refractivity contribution in [2.75, 3.05) is 0 Å². The molecule has 0 aliphatic rings. The first-order valence-corrected chi connectivity index (χ1v) is 5.92. The van der Waals surface area contributed by atoms with Crippen molar-refractivity contribution in [1.82, 2.24) is 0 Å². The Morgan fingerprint density at radius 3 is 2.63 bits per heavy atom. The third-order valence-electron chi connectivity index (χ3n) is 2.52. The second kappa shape index (κ2) is 6.83. The number of hydrogen-bond acceptors (Lipinski definition) is 3. The lowest BCUT2D eigenvalue weighted by atomic mass is 9.91. The summed E-state index contributed by atoms with van der Waals surface area (Å²) >= 11 is 0. The summed E-state index contributed by atoms with van der Waals surface area (Å²) in [6.07, 6.45) is 0.440. The van der Waals surface area contributed by atoms with Crippen LogP contribution in [0.1, 0.15) is 30.6 Å². The number of carbonyl (C=O) groups is 1. The quantitative estimate of drug-likeness (QED) is 0.739. The number of nitrogens with zero attached hydrogens (tertiary/aromatic N) is 1. The van der Waals surface area contributed by atoms with Crippen LogP contribution in [-0.2, 0) is 0 Å². The minimum atomic E-state index is -2.94. The van der Waals surface area contributed by atoms with Crippen LogP contribution in [-0.4, -0.2) is 12.4 Å². The number of rotatable bonds is 6. The molecule has 0 N–H and O–H groups in total. The minimum Gasteiger partial charge on any atom is -0.435 e. The summed E-state index contributed by atoms with van der Waals surface area (Å²) < 4.78 is 28.4. The molecular weight excluding hydrogens is 252 g/mol. The molecule has 0 saturated heterocycles. The molecule has 0 amide bonds. The van der Waals surface area contributed by atoms with Crippen LogP contribution in [0.3, 0.4) is 0 Å². The molecule has 1 aromatic carbocycles. The number of carbonyl (C=O) groups excluding carboxylic acids is 1. The number of benzene rings is 1. The van der Waals surface area contributed by atoms with Gasteiger partial charge in [0.05, 0.1) is 6.07 Å². The number of alkyl halides is 2. The predicted molar refractivity (Wildman–Crippen MR) is 66.0 cm³/mol. The van der Waals surface area contributed by atoms with E-state index in [0.717, 1.165) is 0 Å². The normalized spacial score (nSPS) is 12.3. The Labute approximate surface area is 110 Å². The molecule has 0 spiro atoms. The third kappa shape index (κ3) is 4.66. The Bertz CT molecular complexity index is 481. The van der Waals surface area contributed by atoms with Crippen LogP contribution in [0.25, 0.3) is 0 Å². The highest BCUT2D eigenvalue weighted by Gasteiger charge is 2.21. The highest BCUT2D eigenvalue weighted by Crippen LogP contribution is 2.21. The third-order valence-corrected chi connectivity index (χ3v) is 2.52. The summed E-state index contributed by atoms with van der Waals surface area (Å²) in [7, 11) is 0. The van der Waals surface area contributed by atoms with Gasteiger partial charge in [-0.1, -0.05) is 26.0 Å². The molecule has 0 saturated carbocycles. The van der Waals surface area contributed by atoms with Crippen molar-refractivity contribution < 1.29 is 18.3 Å². The molecule has 19 heavy (non-hydrogen) atoms. The van der Waals surface area contributed by atoms with Gasteiger partial charge in [-0.05, 0) is 24.5 Å². The first kappa shape index (κ1) is 15.1. The molecule has 1 aromatic rings. The lowest BCUT2D eigenvalue weighted by Gasteiger charge is -2.11. The fourth-order valence-corrected chi connectivity index (χ4v) is 1.72. The number of ether oxygens (including phenoxy) is 1. The molecule has 1 atom stereocenters. The average molecular weight is 267 g/mol. The molecule has 0 bridgehead atoms. The lowest BCUT2D eigenvalue weighted by Crippen LogP contribution is -2.15. The summed E-state index contributed by atoms with van der Waals surface area (Å²) in [5, 5.41) is 9.00. The maximum absolute atomic E-state index is 12.1. The number of halogens is 2. The van der Waals surface area contributed by atoms with Gasteiger partial charge in [-0.3, -0.25) is 4.79 Å². The summed E-state index contributed by atoms with van der Waals surface area (Å²) in [5.74, 6) is -1.01. The Morgan fingerprint density at radius 1 is 1.42 bits per heavy atom. The van der Waals surface area contributed by atoms with Gasteiger partial charge in [0.1, 0.15) is 11.7 Å². The zero-order valence-electron chi connectivity index (χ0n) is 10.8. The molecule has 0 aromatic heterocycles. The highest BCUT2D eigenvalue weighted by molar-refractivity contribution is 5.99. The standard InChI is InChI=1S/C14H15F2NO2/c1-9(2)6-11(8-17)13(18)10-4-3-5-12(7-10)19-14(15)16/h3-5,7,9,11,14H,6H2,1-2H3. The fraction of sp³-hybridized carbons (Fsp3) is 0.429. The van der Waals surface area contributed by atoms with Gasteiger partial charge in [-0.25, -0.2) is 0 Å². The average Bonchev–Trinajstić information content (AvgIpc) is 2.34. The number of nitriles is 1. The number of ketones is 1. The van der Waals surface area contributed by atoms with Gasteiger partial charge in [-0.15, -0.1) is 0 Å². The second-order valence-electron chi connectivity index (χ2n) is 4.58. The van der Waals surface area contributed by atoms with E-state index in [1.807, 2.05) is 19.9 Å². The summed E-state index contributed by atoms with van der Waals surface area (Å²) in [6, 6.07) is 7.47. The van der Waals surface area contributed by atoms with Crippen LogP contribution >= 0.6 is 0 Å². The van der Waals surface area contributed by atoms with Gasteiger partial charge < -0.3 is 4.74 Å². The molecule has 5 heteroatoms. The van der Waals surface area contributed by atoms with E-state index in [1.165, 1.54) is 24.3 Å². The fourth-order valence-electron chi connectivity index (χ4n) is 1.72. The van der Waals surface area contributed by atoms with Crippen molar-refractivity contribution in [3.63, 3.8) is 0 Å². The lowest BCUT2D eigenvalue weighted by molar-refractivity contribution is -0.0498. The van der Waals surface area contributed by atoms with E-state index in [9.17, 15) is 13.6 Å². The van der Waals surface area contributed by atoms with Crippen LogP contribution < -0.4 is 4.74 Å². The molecule has 3 nitrogen and oxygen atoms in total. The molecule has 0 fully saturated rings. The zero-order valence-corrected chi connectivity index (χ0v) is 10.8. The van der Waals surface area contributed by atoms with Crippen LogP contribution in [0.2, 0.25) is 0 Å². The maximum atomic E-state index is 12.1. The Hall–Kier alpha value is -1.96. The van der Waals surface area contributed by atoms with E-state index in [1.54, 1.807) is 0 Å². The molecule has 1 rings (SSSR count). The Balaban J connectivity index is 2.90. The Kier molecular flexibility index (Phi) is 5.43. The zero-order chi connectivity index (χ0) is 14.4.